The van der Waals surface area contributed by atoms with Crippen LogP contribution in [-0.2, 0) is 24.8 Å². The molecule has 1 aromatic carbocycles. The summed E-state index contributed by atoms with van der Waals surface area (Å²) in [5.74, 6) is -2.12. The molecule has 0 saturated heterocycles. The number of halogens is 8. The van der Waals surface area contributed by atoms with Crippen molar-refractivity contribution < 1.29 is 61.5 Å². The SMILES string of the molecule is C=Cc1ccc(C(=O)OC(C(F)(F)F)C(F)(F)S(=O)(=O)NS(=O)(=O)C(F)(F)F)cc1. The minimum absolute atomic E-state index is 0.341. The second-order valence-corrected chi connectivity index (χ2v) is 8.94. The molecule has 0 aliphatic heterocycles. The third-order valence-electron chi connectivity index (χ3n) is 3.09. The molecule has 0 spiro atoms. The second kappa shape index (κ2) is 8.10. The van der Waals surface area contributed by atoms with Gasteiger partial charge in [-0.3, -0.25) is 0 Å². The molecule has 1 unspecified atom stereocenters. The summed E-state index contributed by atoms with van der Waals surface area (Å²) >= 11 is 0. The molecule has 17 heteroatoms. The Labute approximate surface area is 163 Å². The van der Waals surface area contributed by atoms with E-state index < -0.39 is 58.7 Å². The highest BCUT2D eigenvalue weighted by molar-refractivity contribution is 8.05. The van der Waals surface area contributed by atoms with Gasteiger partial charge in [-0.2, -0.15) is 35.1 Å². The van der Waals surface area contributed by atoms with Crippen molar-refractivity contribution in [3.05, 3.63) is 42.0 Å². The Kier molecular flexibility index (Phi) is 6.96. The first kappa shape index (κ1) is 25.8. The molecule has 1 atom stereocenters. The Hall–Kier alpha value is -2.27. The smallest absolute Gasteiger partial charge is 0.441 e. The fraction of sp³-hybridized carbons (Fsp3) is 0.308. The molecule has 1 rings (SSSR count). The highest BCUT2D eigenvalue weighted by Crippen LogP contribution is 2.39. The van der Waals surface area contributed by atoms with E-state index in [0.29, 0.717) is 5.56 Å². The van der Waals surface area contributed by atoms with Crippen LogP contribution in [0.2, 0.25) is 0 Å². The maximum Gasteiger partial charge on any atom is 0.512 e. The van der Waals surface area contributed by atoms with Gasteiger partial charge in [-0.1, -0.05) is 28.9 Å². The van der Waals surface area contributed by atoms with Crippen molar-refractivity contribution in [1.82, 2.24) is 4.13 Å². The van der Waals surface area contributed by atoms with Gasteiger partial charge in [0.1, 0.15) is 0 Å². The van der Waals surface area contributed by atoms with Crippen molar-refractivity contribution in [2.75, 3.05) is 0 Å². The minimum atomic E-state index is -7.22. The summed E-state index contributed by atoms with van der Waals surface area (Å²) in [5.41, 5.74) is -6.87. The lowest BCUT2D eigenvalue weighted by molar-refractivity contribution is -0.246. The van der Waals surface area contributed by atoms with E-state index in [1.807, 2.05) is 0 Å². The maximum absolute atomic E-state index is 14.0. The van der Waals surface area contributed by atoms with E-state index in [4.69, 9.17) is 0 Å². The Balaban J connectivity index is 3.35. The van der Waals surface area contributed by atoms with E-state index in [9.17, 15) is 56.8 Å². The molecule has 0 aromatic heterocycles. The third kappa shape index (κ3) is 5.45. The number of carbonyl (C=O) groups is 1. The highest BCUT2D eigenvalue weighted by Gasteiger charge is 2.68. The molecule has 1 N–H and O–H groups in total. The molecule has 30 heavy (non-hydrogen) atoms. The zero-order valence-electron chi connectivity index (χ0n) is 14.0. The standard InChI is InChI=1S/C13H9F8NO6S2/c1-2-7-3-5-8(6-4-7)9(23)28-10(11(14,15)16)12(17,18)29(24,25)22-30(26,27)13(19,20)21/h2-6,10,22H,1H2. The average Bonchev–Trinajstić information content (AvgIpc) is 2.56. The lowest BCUT2D eigenvalue weighted by Gasteiger charge is -2.28. The van der Waals surface area contributed by atoms with E-state index in [1.165, 1.54) is 6.08 Å². The summed E-state index contributed by atoms with van der Waals surface area (Å²) in [6.07, 6.45) is -9.95. The molecule has 1 aromatic rings. The van der Waals surface area contributed by atoms with Crippen LogP contribution < -0.4 is 4.13 Å². The van der Waals surface area contributed by atoms with Gasteiger partial charge in [0, 0.05) is 0 Å². The number of hydrogen-bond donors (Lipinski definition) is 1. The van der Waals surface area contributed by atoms with E-state index in [0.717, 1.165) is 24.3 Å². The molecule has 0 heterocycles. The molecule has 0 radical (unpaired) electrons. The van der Waals surface area contributed by atoms with E-state index in [1.54, 1.807) is 0 Å². The molecular weight excluding hydrogens is 482 g/mol. The van der Waals surface area contributed by atoms with Gasteiger partial charge in [0.15, 0.2) is 0 Å². The van der Waals surface area contributed by atoms with Crippen LogP contribution in [0.3, 0.4) is 0 Å². The number of hydrogen-bond acceptors (Lipinski definition) is 6. The lowest BCUT2D eigenvalue weighted by Crippen LogP contribution is -2.57. The van der Waals surface area contributed by atoms with Crippen LogP contribution in [0.1, 0.15) is 15.9 Å². The summed E-state index contributed by atoms with van der Waals surface area (Å²) in [4.78, 5) is 11.7. The lowest BCUT2D eigenvalue weighted by atomic mass is 10.1. The van der Waals surface area contributed by atoms with Crippen LogP contribution in [0, 0.1) is 0 Å². The number of sulfonamides is 2. The summed E-state index contributed by atoms with van der Waals surface area (Å²) in [6.45, 7) is 3.32. The summed E-state index contributed by atoms with van der Waals surface area (Å²) < 4.78 is 151. The zero-order chi connectivity index (χ0) is 23.8. The van der Waals surface area contributed by atoms with Gasteiger partial charge in [0.2, 0.25) is 0 Å². The Bertz CT molecular complexity index is 1010. The summed E-state index contributed by atoms with van der Waals surface area (Å²) in [5, 5.41) is -6.37. The van der Waals surface area contributed by atoms with Gasteiger partial charge in [-0.25, -0.2) is 21.6 Å². The number of carbonyl (C=O) groups excluding carboxylic acids is 1. The molecule has 0 bridgehead atoms. The molecule has 0 aliphatic rings. The number of rotatable bonds is 7. The van der Waals surface area contributed by atoms with Gasteiger partial charge < -0.3 is 4.74 Å². The van der Waals surface area contributed by atoms with Crippen LogP contribution >= 0.6 is 0 Å². The van der Waals surface area contributed by atoms with Crippen LogP contribution in [0.5, 0.6) is 0 Å². The molecule has 0 fully saturated rings. The topological polar surface area (TPSA) is 107 Å². The first-order chi connectivity index (χ1) is 13.3. The Morgan fingerprint density at radius 3 is 1.77 bits per heavy atom. The minimum Gasteiger partial charge on any atom is -0.441 e. The molecule has 0 amide bonds. The normalized spacial score (nSPS) is 14.8. The molecular formula is C13H9F8NO6S2. The van der Waals surface area contributed by atoms with Crippen molar-refractivity contribution in [2.45, 2.75) is 23.0 Å². The van der Waals surface area contributed by atoms with Crippen LogP contribution in [-0.4, -0.2) is 45.8 Å². The first-order valence-electron chi connectivity index (χ1n) is 6.98. The van der Waals surface area contributed by atoms with Crippen LogP contribution in [0.25, 0.3) is 6.08 Å². The summed E-state index contributed by atoms with van der Waals surface area (Å²) in [7, 11) is -14.3. The highest BCUT2D eigenvalue weighted by atomic mass is 32.3. The number of benzene rings is 1. The average molecular weight is 491 g/mol. The largest absolute Gasteiger partial charge is 0.512 e. The van der Waals surface area contributed by atoms with Crippen molar-refractivity contribution in [3.63, 3.8) is 0 Å². The molecule has 0 aliphatic carbocycles. The second-order valence-electron chi connectivity index (χ2n) is 5.25. The van der Waals surface area contributed by atoms with Crippen molar-refractivity contribution >= 4 is 32.1 Å². The molecule has 0 saturated carbocycles. The Morgan fingerprint density at radius 1 is 0.933 bits per heavy atom. The fourth-order valence-corrected chi connectivity index (χ4v) is 4.09. The van der Waals surface area contributed by atoms with E-state index in [-0.39, 0.29) is 0 Å². The maximum atomic E-state index is 14.0. The van der Waals surface area contributed by atoms with Crippen molar-refractivity contribution in [1.29, 1.82) is 0 Å². The fourth-order valence-electron chi connectivity index (χ4n) is 1.64. The van der Waals surface area contributed by atoms with Crippen LogP contribution in [0.15, 0.2) is 30.8 Å². The number of nitrogens with one attached hydrogen (secondary N) is 1. The third-order valence-corrected chi connectivity index (χ3v) is 6.39. The van der Waals surface area contributed by atoms with Gasteiger partial charge in [0.25, 0.3) is 16.1 Å². The quantitative estimate of drug-likeness (QED) is 0.465. The predicted molar refractivity (Wildman–Crippen MR) is 83.8 cm³/mol. The zero-order valence-corrected chi connectivity index (χ0v) is 15.6. The van der Waals surface area contributed by atoms with Gasteiger partial charge >= 0.3 is 32.9 Å². The van der Waals surface area contributed by atoms with Crippen molar-refractivity contribution in [2.24, 2.45) is 0 Å². The number of esters is 1. The van der Waals surface area contributed by atoms with Crippen molar-refractivity contribution in [3.8, 4) is 0 Å². The van der Waals surface area contributed by atoms with E-state index >= 15 is 0 Å². The Morgan fingerprint density at radius 2 is 1.40 bits per heavy atom. The first-order valence-corrected chi connectivity index (χ1v) is 9.95. The summed E-state index contributed by atoms with van der Waals surface area (Å²) in [6, 6.07) is 3.79. The number of ether oxygens (including phenoxy) is 1. The van der Waals surface area contributed by atoms with Gasteiger partial charge in [-0.05, 0) is 17.7 Å². The molecule has 170 valence electrons. The van der Waals surface area contributed by atoms with Crippen LogP contribution in [0.4, 0.5) is 35.1 Å². The van der Waals surface area contributed by atoms with E-state index in [2.05, 4.69) is 11.3 Å². The monoisotopic (exact) mass is 491 g/mol. The molecule has 7 nitrogen and oxygen atoms in total. The number of alkyl halides is 8. The van der Waals surface area contributed by atoms with Gasteiger partial charge in [0.05, 0.1) is 5.56 Å². The predicted octanol–water partition coefficient (Wildman–Crippen LogP) is 2.78. The van der Waals surface area contributed by atoms with Gasteiger partial charge in [-0.15, -0.1) is 0 Å².